The number of benzene rings is 2. The van der Waals surface area contributed by atoms with Gasteiger partial charge in [0, 0.05) is 24.0 Å². The third-order valence-corrected chi connectivity index (χ3v) is 3.76. The van der Waals surface area contributed by atoms with Gasteiger partial charge in [-0.25, -0.2) is 0 Å². The molecule has 4 nitrogen and oxygen atoms in total. The molecule has 3 N–H and O–H groups in total. The summed E-state index contributed by atoms with van der Waals surface area (Å²) in [5.41, 5.74) is 7.42. The molecule has 2 rings (SSSR count). The van der Waals surface area contributed by atoms with Gasteiger partial charge in [-0.1, -0.05) is 42.8 Å². The molecule has 1 atom stereocenters. The van der Waals surface area contributed by atoms with E-state index in [0.717, 1.165) is 21.9 Å². The van der Waals surface area contributed by atoms with Crippen molar-refractivity contribution >= 4 is 17.5 Å². The van der Waals surface area contributed by atoms with Crippen molar-refractivity contribution in [1.82, 2.24) is 5.32 Å². The van der Waals surface area contributed by atoms with Crippen LogP contribution < -0.4 is 15.8 Å². The zero-order valence-electron chi connectivity index (χ0n) is 13.1. The number of carbonyl (C=O) groups is 1. The Balaban J connectivity index is 1.77. The van der Waals surface area contributed by atoms with Crippen molar-refractivity contribution in [1.29, 1.82) is 0 Å². The smallest absolute Gasteiger partial charge is 0.221 e. The number of ether oxygens (including phenoxy) is 1. The van der Waals surface area contributed by atoms with Gasteiger partial charge in [-0.2, -0.15) is 0 Å². The van der Waals surface area contributed by atoms with Crippen molar-refractivity contribution in [3.8, 4) is 5.75 Å². The Bertz CT molecular complexity index is 626. The molecule has 1 unspecified atom stereocenters. The number of carbonyl (C=O) groups excluding carboxylic acids is 1. The van der Waals surface area contributed by atoms with E-state index >= 15 is 0 Å². The van der Waals surface area contributed by atoms with Crippen LogP contribution in [0.2, 0.25) is 5.02 Å². The summed E-state index contributed by atoms with van der Waals surface area (Å²) in [6.45, 7) is 3.58. The SMILES string of the molecule is CC(CNCc1ccc(OCc2ccc(Cl)cc2)cc1)C(N)=O. The fourth-order valence-corrected chi connectivity index (χ4v) is 2.11. The average Bonchev–Trinajstić information content (AvgIpc) is 2.55. The summed E-state index contributed by atoms with van der Waals surface area (Å²) in [5.74, 6) is 0.356. The van der Waals surface area contributed by atoms with Crippen LogP contribution in [0, 0.1) is 5.92 Å². The second kappa shape index (κ2) is 8.56. The monoisotopic (exact) mass is 332 g/mol. The fraction of sp³-hybridized carbons (Fsp3) is 0.278. The molecule has 0 radical (unpaired) electrons. The zero-order valence-corrected chi connectivity index (χ0v) is 13.8. The number of primary amides is 1. The first-order chi connectivity index (χ1) is 11.0. The number of hydrogen-bond donors (Lipinski definition) is 2. The summed E-state index contributed by atoms with van der Waals surface area (Å²) in [6, 6.07) is 15.5. The van der Waals surface area contributed by atoms with Crippen molar-refractivity contribution in [3.05, 3.63) is 64.7 Å². The Labute approximate surface area is 141 Å². The van der Waals surface area contributed by atoms with E-state index in [1.165, 1.54) is 0 Å². The number of amides is 1. The van der Waals surface area contributed by atoms with E-state index in [0.29, 0.717) is 19.7 Å². The fourth-order valence-electron chi connectivity index (χ4n) is 1.98. The Kier molecular flexibility index (Phi) is 6.44. The van der Waals surface area contributed by atoms with Gasteiger partial charge >= 0.3 is 0 Å². The molecule has 0 heterocycles. The van der Waals surface area contributed by atoms with Gasteiger partial charge in [0.1, 0.15) is 12.4 Å². The predicted molar refractivity (Wildman–Crippen MR) is 92.3 cm³/mol. The standard InChI is InChI=1S/C18H21ClN2O2/c1-13(18(20)22)10-21-11-14-4-8-17(9-5-14)23-12-15-2-6-16(19)7-3-15/h2-9,13,21H,10-12H2,1H3,(H2,20,22). The van der Waals surface area contributed by atoms with Crippen LogP contribution in [0.15, 0.2) is 48.5 Å². The minimum absolute atomic E-state index is 0.169. The predicted octanol–water partition coefficient (Wildman–Crippen LogP) is 3.13. The molecule has 1 amide bonds. The molecule has 0 saturated carbocycles. The van der Waals surface area contributed by atoms with Crippen molar-refractivity contribution in [3.63, 3.8) is 0 Å². The van der Waals surface area contributed by atoms with E-state index in [2.05, 4.69) is 5.32 Å². The normalized spacial score (nSPS) is 11.9. The summed E-state index contributed by atoms with van der Waals surface area (Å²) in [6.07, 6.45) is 0. The third-order valence-electron chi connectivity index (χ3n) is 3.51. The molecule has 0 spiro atoms. The highest BCUT2D eigenvalue weighted by Gasteiger charge is 2.07. The number of nitrogens with two attached hydrogens (primary N) is 1. The molecule has 0 aliphatic rings. The minimum Gasteiger partial charge on any atom is -0.489 e. The first-order valence-electron chi connectivity index (χ1n) is 7.51. The summed E-state index contributed by atoms with van der Waals surface area (Å²) in [4.78, 5) is 11.0. The average molecular weight is 333 g/mol. The van der Waals surface area contributed by atoms with E-state index in [9.17, 15) is 4.79 Å². The molecule has 0 aromatic heterocycles. The van der Waals surface area contributed by atoms with Gasteiger partial charge in [0.05, 0.1) is 0 Å². The van der Waals surface area contributed by atoms with Gasteiger partial charge in [0.2, 0.25) is 5.91 Å². The largest absolute Gasteiger partial charge is 0.489 e. The van der Waals surface area contributed by atoms with E-state index in [1.54, 1.807) is 0 Å². The highest BCUT2D eigenvalue weighted by Crippen LogP contribution is 2.15. The molecule has 5 heteroatoms. The van der Waals surface area contributed by atoms with Crippen LogP contribution in [0.5, 0.6) is 5.75 Å². The Morgan fingerprint density at radius 2 is 1.74 bits per heavy atom. The molecule has 0 aliphatic heterocycles. The van der Waals surface area contributed by atoms with Gasteiger partial charge in [0.25, 0.3) is 0 Å². The Morgan fingerprint density at radius 3 is 2.35 bits per heavy atom. The van der Waals surface area contributed by atoms with Gasteiger partial charge in [-0.3, -0.25) is 4.79 Å². The molecule has 2 aromatic carbocycles. The molecule has 0 fully saturated rings. The van der Waals surface area contributed by atoms with Crippen LogP contribution in [0.4, 0.5) is 0 Å². The number of hydrogen-bond acceptors (Lipinski definition) is 3. The summed E-state index contributed by atoms with van der Waals surface area (Å²) >= 11 is 5.85. The molecule has 122 valence electrons. The maximum Gasteiger partial charge on any atom is 0.221 e. The number of nitrogens with one attached hydrogen (secondary N) is 1. The molecule has 2 aromatic rings. The maximum absolute atomic E-state index is 11.0. The van der Waals surface area contributed by atoms with Crippen LogP contribution in [0.3, 0.4) is 0 Å². The molecule has 23 heavy (non-hydrogen) atoms. The van der Waals surface area contributed by atoms with Crippen LogP contribution in [0.1, 0.15) is 18.1 Å². The van der Waals surface area contributed by atoms with E-state index < -0.39 is 0 Å². The first-order valence-corrected chi connectivity index (χ1v) is 7.88. The second-order valence-corrected chi connectivity index (χ2v) is 5.93. The molecule has 0 saturated heterocycles. The van der Waals surface area contributed by atoms with E-state index in [1.807, 2.05) is 55.5 Å². The number of halogens is 1. The van der Waals surface area contributed by atoms with Crippen LogP contribution in [0.25, 0.3) is 0 Å². The van der Waals surface area contributed by atoms with Gasteiger partial charge in [-0.15, -0.1) is 0 Å². The highest BCUT2D eigenvalue weighted by molar-refractivity contribution is 6.30. The first kappa shape index (κ1) is 17.3. The molecular weight excluding hydrogens is 312 g/mol. The van der Waals surface area contributed by atoms with Crippen molar-refractivity contribution in [2.75, 3.05) is 6.54 Å². The lowest BCUT2D eigenvalue weighted by molar-refractivity contribution is -0.121. The van der Waals surface area contributed by atoms with Crippen LogP contribution >= 0.6 is 11.6 Å². The minimum atomic E-state index is -0.288. The van der Waals surface area contributed by atoms with E-state index in [4.69, 9.17) is 22.1 Å². The lowest BCUT2D eigenvalue weighted by Gasteiger charge is -2.10. The van der Waals surface area contributed by atoms with Gasteiger partial charge in [-0.05, 0) is 35.4 Å². The maximum atomic E-state index is 11.0. The second-order valence-electron chi connectivity index (χ2n) is 5.49. The summed E-state index contributed by atoms with van der Waals surface area (Å²) < 4.78 is 5.74. The lowest BCUT2D eigenvalue weighted by Crippen LogP contribution is -2.30. The van der Waals surface area contributed by atoms with E-state index in [-0.39, 0.29) is 11.8 Å². The topological polar surface area (TPSA) is 64.3 Å². The van der Waals surface area contributed by atoms with Crippen LogP contribution in [-0.4, -0.2) is 12.5 Å². The lowest BCUT2D eigenvalue weighted by atomic mass is 10.1. The van der Waals surface area contributed by atoms with Gasteiger partial charge < -0.3 is 15.8 Å². The van der Waals surface area contributed by atoms with Crippen LogP contribution in [-0.2, 0) is 17.9 Å². The molecule has 0 bridgehead atoms. The quantitative estimate of drug-likeness (QED) is 0.780. The molecular formula is C18H21ClN2O2. The number of rotatable bonds is 8. The Morgan fingerprint density at radius 1 is 1.13 bits per heavy atom. The zero-order chi connectivity index (χ0) is 16.7. The van der Waals surface area contributed by atoms with Crippen molar-refractivity contribution in [2.45, 2.75) is 20.1 Å². The van der Waals surface area contributed by atoms with Crippen molar-refractivity contribution in [2.24, 2.45) is 11.7 Å². The highest BCUT2D eigenvalue weighted by atomic mass is 35.5. The summed E-state index contributed by atoms with van der Waals surface area (Å²) in [5, 5.41) is 3.93. The van der Waals surface area contributed by atoms with Gasteiger partial charge in [0.15, 0.2) is 0 Å². The molecule has 0 aliphatic carbocycles. The Hall–Kier alpha value is -2.04. The third kappa shape index (κ3) is 5.93. The summed E-state index contributed by atoms with van der Waals surface area (Å²) in [7, 11) is 0. The van der Waals surface area contributed by atoms with Crippen molar-refractivity contribution < 1.29 is 9.53 Å².